The Balaban J connectivity index is 0.00000112. The minimum Gasteiger partial charge on any atom is -0.342 e. The average molecular weight is 252 g/mol. The van der Waals surface area contributed by atoms with Crippen LogP contribution in [0.1, 0.15) is 17.0 Å². The van der Waals surface area contributed by atoms with Crippen molar-refractivity contribution >= 4 is 0 Å². The second kappa shape index (κ2) is 4.72. The van der Waals surface area contributed by atoms with Gasteiger partial charge in [0, 0.05) is 30.7 Å². The number of aryl methyl sites for hydroxylation is 3. The van der Waals surface area contributed by atoms with E-state index in [1.165, 1.54) is 5.56 Å². The normalized spacial score (nSPS) is 9.80. The van der Waals surface area contributed by atoms with Gasteiger partial charge in [0.15, 0.2) is 0 Å². The molecule has 0 unspecified atom stereocenters. The molecular formula is C12H14N2Zn. The van der Waals surface area contributed by atoms with Crippen LogP contribution >= 0.6 is 0 Å². The Morgan fingerprint density at radius 3 is 2.07 bits per heavy atom. The standard InChI is InChI=1S/C12H14N2.Zn/c1-8-4-6-11(7-5-8)12-13-9(2)10(3)14-12;/h4-7H,1-3H3,(H,13,14);. The molecule has 74 valence electrons. The maximum Gasteiger partial charge on any atom is 0.137 e. The van der Waals surface area contributed by atoms with Crippen molar-refractivity contribution in [3.05, 3.63) is 41.2 Å². The first-order chi connectivity index (χ1) is 6.66. The number of aromatic nitrogens is 2. The number of nitrogens with one attached hydrogen (secondary N) is 1. The predicted octanol–water partition coefficient (Wildman–Crippen LogP) is 3.00. The Morgan fingerprint density at radius 2 is 1.60 bits per heavy atom. The Kier molecular flexibility index (Phi) is 3.81. The molecule has 2 rings (SSSR count). The summed E-state index contributed by atoms with van der Waals surface area (Å²) in [6.45, 7) is 6.14. The molecule has 0 amide bonds. The largest absolute Gasteiger partial charge is 0.342 e. The van der Waals surface area contributed by atoms with Gasteiger partial charge in [-0.15, -0.1) is 0 Å². The topological polar surface area (TPSA) is 28.7 Å². The molecule has 1 aromatic carbocycles. The summed E-state index contributed by atoms with van der Waals surface area (Å²) < 4.78 is 0. The third kappa shape index (κ3) is 2.54. The van der Waals surface area contributed by atoms with Crippen molar-refractivity contribution in [3.63, 3.8) is 0 Å². The smallest absolute Gasteiger partial charge is 0.137 e. The number of imidazole rings is 1. The predicted molar refractivity (Wildman–Crippen MR) is 58.2 cm³/mol. The van der Waals surface area contributed by atoms with Crippen molar-refractivity contribution in [2.24, 2.45) is 0 Å². The van der Waals surface area contributed by atoms with E-state index in [-0.39, 0.29) is 19.5 Å². The van der Waals surface area contributed by atoms with Crippen molar-refractivity contribution in [1.82, 2.24) is 9.97 Å². The molecule has 0 fully saturated rings. The summed E-state index contributed by atoms with van der Waals surface area (Å²) >= 11 is 0. The second-order valence-electron chi connectivity index (χ2n) is 3.66. The fourth-order valence-corrected chi connectivity index (χ4v) is 1.40. The number of H-pyrrole nitrogens is 1. The molecule has 1 N–H and O–H groups in total. The number of benzene rings is 1. The molecule has 1 heterocycles. The first-order valence-corrected chi connectivity index (χ1v) is 4.77. The molecule has 0 bridgehead atoms. The zero-order valence-corrected chi connectivity index (χ0v) is 12.4. The van der Waals surface area contributed by atoms with Crippen LogP contribution in [0.4, 0.5) is 0 Å². The minimum absolute atomic E-state index is 0. The number of rotatable bonds is 1. The van der Waals surface area contributed by atoms with Gasteiger partial charge in [-0.25, -0.2) is 4.98 Å². The van der Waals surface area contributed by atoms with Crippen molar-refractivity contribution < 1.29 is 19.5 Å². The van der Waals surface area contributed by atoms with Gasteiger partial charge in [-0.05, 0) is 20.8 Å². The van der Waals surface area contributed by atoms with E-state index in [9.17, 15) is 0 Å². The van der Waals surface area contributed by atoms with Gasteiger partial charge in [0.05, 0.1) is 5.69 Å². The molecule has 0 spiro atoms. The summed E-state index contributed by atoms with van der Waals surface area (Å²) in [6, 6.07) is 8.38. The third-order valence-electron chi connectivity index (χ3n) is 2.45. The number of hydrogen-bond acceptors (Lipinski definition) is 1. The van der Waals surface area contributed by atoms with Crippen LogP contribution in [0.2, 0.25) is 0 Å². The Labute approximate surface area is 103 Å². The van der Waals surface area contributed by atoms with Crippen LogP contribution in [0.25, 0.3) is 11.4 Å². The molecule has 0 saturated carbocycles. The van der Waals surface area contributed by atoms with Gasteiger partial charge < -0.3 is 4.98 Å². The monoisotopic (exact) mass is 250 g/mol. The van der Waals surface area contributed by atoms with Gasteiger partial charge in [-0.2, -0.15) is 0 Å². The molecule has 0 aliphatic carbocycles. The summed E-state index contributed by atoms with van der Waals surface area (Å²) in [5, 5.41) is 0. The Bertz CT molecular complexity index is 424. The fourth-order valence-electron chi connectivity index (χ4n) is 1.40. The van der Waals surface area contributed by atoms with Gasteiger partial charge in [0.2, 0.25) is 0 Å². The summed E-state index contributed by atoms with van der Waals surface area (Å²) in [4.78, 5) is 7.72. The van der Waals surface area contributed by atoms with Gasteiger partial charge in [-0.3, -0.25) is 0 Å². The average Bonchev–Trinajstić information content (AvgIpc) is 2.48. The molecule has 2 aromatic rings. The van der Waals surface area contributed by atoms with E-state index in [0.717, 1.165) is 22.8 Å². The van der Waals surface area contributed by atoms with Crippen LogP contribution in [0.5, 0.6) is 0 Å². The van der Waals surface area contributed by atoms with Gasteiger partial charge in [0.25, 0.3) is 0 Å². The quantitative estimate of drug-likeness (QED) is 0.776. The van der Waals surface area contributed by atoms with Crippen molar-refractivity contribution in [2.75, 3.05) is 0 Å². The van der Waals surface area contributed by atoms with Crippen LogP contribution in [0, 0.1) is 20.8 Å². The van der Waals surface area contributed by atoms with Crippen LogP contribution in [0.15, 0.2) is 24.3 Å². The Hall–Kier alpha value is -0.947. The van der Waals surface area contributed by atoms with E-state index >= 15 is 0 Å². The van der Waals surface area contributed by atoms with E-state index in [2.05, 4.69) is 41.2 Å². The zero-order chi connectivity index (χ0) is 10.1. The van der Waals surface area contributed by atoms with Crippen molar-refractivity contribution in [1.29, 1.82) is 0 Å². The minimum atomic E-state index is 0. The molecular weight excluding hydrogens is 238 g/mol. The first kappa shape index (κ1) is 12.1. The molecule has 0 aliphatic rings. The van der Waals surface area contributed by atoms with E-state index in [1.807, 2.05) is 13.8 Å². The van der Waals surface area contributed by atoms with E-state index in [4.69, 9.17) is 0 Å². The maximum absolute atomic E-state index is 4.45. The first-order valence-electron chi connectivity index (χ1n) is 4.77. The second-order valence-corrected chi connectivity index (χ2v) is 3.66. The fraction of sp³-hybridized carbons (Fsp3) is 0.250. The molecule has 0 saturated heterocycles. The maximum atomic E-state index is 4.45. The molecule has 15 heavy (non-hydrogen) atoms. The van der Waals surface area contributed by atoms with Gasteiger partial charge >= 0.3 is 0 Å². The SMILES string of the molecule is Cc1ccc(-c2nc(C)c(C)[nH]2)cc1.[Zn]. The zero-order valence-electron chi connectivity index (χ0n) is 9.46. The van der Waals surface area contributed by atoms with Crippen LogP contribution in [-0.4, -0.2) is 9.97 Å². The van der Waals surface area contributed by atoms with Crippen LogP contribution < -0.4 is 0 Å². The molecule has 2 nitrogen and oxygen atoms in total. The Morgan fingerprint density at radius 1 is 1.00 bits per heavy atom. The van der Waals surface area contributed by atoms with Crippen molar-refractivity contribution in [3.8, 4) is 11.4 Å². The van der Waals surface area contributed by atoms with Crippen molar-refractivity contribution in [2.45, 2.75) is 20.8 Å². The van der Waals surface area contributed by atoms with E-state index in [0.29, 0.717) is 0 Å². The van der Waals surface area contributed by atoms with Gasteiger partial charge in [-0.1, -0.05) is 29.8 Å². The van der Waals surface area contributed by atoms with Crippen LogP contribution in [-0.2, 0) is 19.5 Å². The summed E-state index contributed by atoms with van der Waals surface area (Å²) in [7, 11) is 0. The van der Waals surface area contributed by atoms with Crippen LogP contribution in [0.3, 0.4) is 0 Å². The third-order valence-corrected chi connectivity index (χ3v) is 2.45. The summed E-state index contributed by atoms with van der Waals surface area (Å²) in [6.07, 6.45) is 0. The molecule has 0 radical (unpaired) electrons. The number of aromatic amines is 1. The van der Waals surface area contributed by atoms with Gasteiger partial charge in [0.1, 0.15) is 5.82 Å². The molecule has 0 atom stereocenters. The van der Waals surface area contributed by atoms with E-state index < -0.39 is 0 Å². The molecule has 3 heteroatoms. The number of nitrogens with zero attached hydrogens (tertiary/aromatic N) is 1. The summed E-state index contributed by atoms with van der Waals surface area (Å²) in [5.41, 5.74) is 4.63. The molecule has 1 aromatic heterocycles. The molecule has 0 aliphatic heterocycles. The summed E-state index contributed by atoms with van der Waals surface area (Å²) in [5.74, 6) is 0.958. The number of hydrogen-bond donors (Lipinski definition) is 1. The van der Waals surface area contributed by atoms with E-state index in [1.54, 1.807) is 0 Å².